The van der Waals surface area contributed by atoms with E-state index in [9.17, 15) is 13.6 Å². The summed E-state index contributed by atoms with van der Waals surface area (Å²) in [6, 6.07) is 3.35. The number of rotatable bonds is 10. The van der Waals surface area contributed by atoms with Crippen LogP contribution in [0.5, 0.6) is 0 Å². The molecule has 0 unspecified atom stereocenters. The zero-order chi connectivity index (χ0) is 18.5. The molecule has 0 fully saturated rings. The Bertz CT molecular complexity index is 565. The first-order valence-electron chi connectivity index (χ1n) is 8.59. The van der Waals surface area contributed by atoms with Gasteiger partial charge in [-0.2, -0.15) is 0 Å². The Hall–Kier alpha value is -2.18. The Balaban J connectivity index is 2.33. The SMILES string of the molecule is CCNC(=NCc1cc(F)ccc1F)NCCCCCCC(=O)OC. The van der Waals surface area contributed by atoms with E-state index in [1.54, 1.807) is 0 Å². The molecule has 7 heteroatoms. The second kappa shape index (κ2) is 12.2. The number of hydrogen-bond donors (Lipinski definition) is 2. The number of guanidine groups is 1. The minimum Gasteiger partial charge on any atom is -0.469 e. The largest absolute Gasteiger partial charge is 0.469 e. The van der Waals surface area contributed by atoms with Crippen molar-refractivity contribution >= 4 is 11.9 Å². The van der Waals surface area contributed by atoms with Gasteiger partial charge in [0.05, 0.1) is 13.7 Å². The number of esters is 1. The first kappa shape index (κ1) is 20.9. The molecule has 0 heterocycles. The summed E-state index contributed by atoms with van der Waals surface area (Å²) in [4.78, 5) is 15.3. The maximum atomic E-state index is 13.6. The van der Waals surface area contributed by atoms with E-state index in [4.69, 9.17) is 0 Å². The van der Waals surface area contributed by atoms with Gasteiger partial charge in [0, 0.05) is 25.1 Å². The van der Waals surface area contributed by atoms with Crippen LogP contribution in [0.15, 0.2) is 23.2 Å². The van der Waals surface area contributed by atoms with Gasteiger partial charge in [-0.05, 0) is 38.0 Å². The summed E-state index contributed by atoms with van der Waals surface area (Å²) in [6.07, 6.45) is 4.15. The molecule has 0 atom stereocenters. The molecule has 1 aromatic carbocycles. The molecule has 0 aromatic heterocycles. The lowest BCUT2D eigenvalue weighted by Crippen LogP contribution is -2.37. The van der Waals surface area contributed by atoms with Crippen LogP contribution in [0.1, 0.15) is 44.6 Å². The molecule has 0 amide bonds. The summed E-state index contributed by atoms with van der Waals surface area (Å²) in [7, 11) is 1.39. The molecule has 2 N–H and O–H groups in total. The normalized spacial score (nSPS) is 11.3. The van der Waals surface area contributed by atoms with E-state index in [1.807, 2.05) is 6.92 Å². The van der Waals surface area contributed by atoms with Crippen molar-refractivity contribution in [3.05, 3.63) is 35.4 Å². The lowest BCUT2D eigenvalue weighted by Gasteiger charge is -2.11. The van der Waals surface area contributed by atoms with Gasteiger partial charge in [-0.1, -0.05) is 12.8 Å². The summed E-state index contributed by atoms with van der Waals surface area (Å²) in [5, 5.41) is 6.24. The zero-order valence-electron chi connectivity index (χ0n) is 14.9. The first-order valence-corrected chi connectivity index (χ1v) is 8.59. The lowest BCUT2D eigenvalue weighted by molar-refractivity contribution is -0.140. The van der Waals surface area contributed by atoms with Gasteiger partial charge in [-0.15, -0.1) is 0 Å². The third kappa shape index (κ3) is 9.02. The van der Waals surface area contributed by atoms with E-state index < -0.39 is 11.6 Å². The van der Waals surface area contributed by atoms with Crippen LogP contribution >= 0.6 is 0 Å². The molecule has 0 saturated heterocycles. The standard InChI is InChI=1S/C18H27F2N3O2/c1-3-21-18(22-11-7-5-4-6-8-17(24)25-2)23-13-14-12-15(19)9-10-16(14)20/h9-10,12H,3-8,11,13H2,1-2H3,(H2,21,22,23). The minimum absolute atomic E-state index is 0.0675. The second-order valence-corrected chi connectivity index (χ2v) is 5.60. The molecule has 5 nitrogen and oxygen atoms in total. The van der Waals surface area contributed by atoms with Crippen LogP contribution in [0.2, 0.25) is 0 Å². The summed E-state index contributed by atoms with van der Waals surface area (Å²) in [5.41, 5.74) is 0.222. The lowest BCUT2D eigenvalue weighted by atomic mass is 10.1. The third-order valence-electron chi connectivity index (χ3n) is 3.59. The molecule has 1 rings (SSSR count). The highest BCUT2D eigenvalue weighted by Gasteiger charge is 2.04. The van der Waals surface area contributed by atoms with Crippen LogP contribution in [0.3, 0.4) is 0 Å². The molecule has 1 aromatic rings. The third-order valence-corrected chi connectivity index (χ3v) is 3.59. The number of carbonyl (C=O) groups is 1. The number of nitrogens with one attached hydrogen (secondary N) is 2. The van der Waals surface area contributed by atoms with Gasteiger partial charge in [-0.25, -0.2) is 13.8 Å². The number of methoxy groups -OCH3 is 1. The number of benzene rings is 1. The molecular formula is C18H27F2N3O2. The van der Waals surface area contributed by atoms with Crippen molar-refractivity contribution in [2.45, 2.75) is 45.6 Å². The fourth-order valence-electron chi connectivity index (χ4n) is 2.23. The summed E-state index contributed by atoms with van der Waals surface area (Å²) in [5.74, 6) is -0.548. The van der Waals surface area contributed by atoms with Gasteiger partial charge in [0.1, 0.15) is 11.6 Å². The van der Waals surface area contributed by atoms with Gasteiger partial charge in [0.2, 0.25) is 0 Å². The molecule has 0 aliphatic heterocycles. The smallest absolute Gasteiger partial charge is 0.305 e. The van der Waals surface area contributed by atoms with Crippen molar-refractivity contribution in [3.8, 4) is 0 Å². The average molecular weight is 355 g/mol. The Labute approximate surface area is 147 Å². The monoisotopic (exact) mass is 355 g/mol. The fraction of sp³-hybridized carbons (Fsp3) is 0.556. The summed E-state index contributed by atoms with van der Waals surface area (Å²) in [6.45, 7) is 3.40. The number of hydrogen-bond acceptors (Lipinski definition) is 3. The van der Waals surface area contributed by atoms with Crippen LogP contribution < -0.4 is 10.6 Å². The van der Waals surface area contributed by atoms with E-state index >= 15 is 0 Å². The number of nitrogens with zero attached hydrogens (tertiary/aromatic N) is 1. The molecule has 0 aliphatic carbocycles. The van der Waals surface area contributed by atoms with E-state index in [0.29, 0.717) is 18.9 Å². The Morgan fingerprint density at radius 3 is 2.64 bits per heavy atom. The predicted octanol–water partition coefficient (Wildman–Crippen LogP) is 3.14. The van der Waals surface area contributed by atoms with E-state index in [2.05, 4.69) is 20.4 Å². The number of halogens is 2. The number of carbonyl (C=O) groups excluding carboxylic acids is 1. The average Bonchev–Trinajstić information content (AvgIpc) is 2.60. The van der Waals surface area contributed by atoms with E-state index in [1.165, 1.54) is 7.11 Å². The van der Waals surface area contributed by atoms with E-state index in [0.717, 1.165) is 50.4 Å². The van der Waals surface area contributed by atoms with Crippen molar-refractivity contribution in [1.82, 2.24) is 10.6 Å². The highest BCUT2D eigenvalue weighted by Crippen LogP contribution is 2.10. The van der Waals surface area contributed by atoms with Crippen molar-refractivity contribution in [2.75, 3.05) is 20.2 Å². The van der Waals surface area contributed by atoms with E-state index in [-0.39, 0.29) is 18.1 Å². The number of unbranched alkanes of at least 4 members (excludes halogenated alkanes) is 3. The zero-order valence-corrected chi connectivity index (χ0v) is 14.9. The Kier molecular flexibility index (Phi) is 10.2. The molecule has 0 bridgehead atoms. The molecule has 0 saturated carbocycles. The quantitative estimate of drug-likeness (QED) is 0.293. The molecule has 0 aliphatic rings. The minimum atomic E-state index is -0.475. The van der Waals surface area contributed by atoms with Crippen LogP contribution in [0.4, 0.5) is 8.78 Å². The second-order valence-electron chi connectivity index (χ2n) is 5.60. The predicted molar refractivity (Wildman–Crippen MR) is 94.3 cm³/mol. The fourth-order valence-corrected chi connectivity index (χ4v) is 2.23. The van der Waals surface area contributed by atoms with Crippen LogP contribution in [-0.4, -0.2) is 32.1 Å². The number of aliphatic imine (C=N–C) groups is 1. The number of ether oxygens (including phenoxy) is 1. The highest BCUT2D eigenvalue weighted by molar-refractivity contribution is 5.79. The van der Waals surface area contributed by atoms with Gasteiger partial charge in [0.15, 0.2) is 5.96 Å². The van der Waals surface area contributed by atoms with Crippen molar-refractivity contribution in [2.24, 2.45) is 4.99 Å². The molecule has 0 spiro atoms. The van der Waals surface area contributed by atoms with Crippen molar-refractivity contribution in [1.29, 1.82) is 0 Å². The van der Waals surface area contributed by atoms with Crippen molar-refractivity contribution in [3.63, 3.8) is 0 Å². The topological polar surface area (TPSA) is 62.7 Å². The van der Waals surface area contributed by atoms with Crippen LogP contribution in [0.25, 0.3) is 0 Å². The van der Waals surface area contributed by atoms with Gasteiger partial charge >= 0.3 is 5.97 Å². The van der Waals surface area contributed by atoms with Crippen LogP contribution in [-0.2, 0) is 16.1 Å². The molecule has 25 heavy (non-hydrogen) atoms. The molecule has 140 valence electrons. The first-order chi connectivity index (χ1) is 12.1. The van der Waals surface area contributed by atoms with Gasteiger partial charge in [-0.3, -0.25) is 4.79 Å². The summed E-state index contributed by atoms with van der Waals surface area (Å²) >= 11 is 0. The molecular weight excluding hydrogens is 328 g/mol. The maximum absolute atomic E-state index is 13.6. The Morgan fingerprint density at radius 2 is 1.92 bits per heavy atom. The van der Waals surface area contributed by atoms with Crippen LogP contribution in [0, 0.1) is 11.6 Å². The molecule has 0 radical (unpaired) electrons. The van der Waals surface area contributed by atoms with Gasteiger partial charge in [0.25, 0.3) is 0 Å². The summed E-state index contributed by atoms with van der Waals surface area (Å²) < 4.78 is 31.4. The highest BCUT2D eigenvalue weighted by atomic mass is 19.1. The maximum Gasteiger partial charge on any atom is 0.305 e. The van der Waals surface area contributed by atoms with Crippen molar-refractivity contribution < 1.29 is 18.3 Å². The Morgan fingerprint density at radius 1 is 1.16 bits per heavy atom. The van der Waals surface area contributed by atoms with Gasteiger partial charge < -0.3 is 15.4 Å².